The maximum Gasteiger partial charge on any atom is 0.0121 e. The fourth-order valence-electron chi connectivity index (χ4n) is 3.01. The second-order valence-electron chi connectivity index (χ2n) is 5.58. The van der Waals surface area contributed by atoms with Crippen LogP contribution < -0.4 is 5.32 Å². The van der Waals surface area contributed by atoms with Crippen LogP contribution in [0.3, 0.4) is 0 Å². The molecule has 2 rings (SSSR count). The molecule has 0 aromatic carbocycles. The molecule has 0 amide bonds. The van der Waals surface area contributed by atoms with Crippen LogP contribution in [-0.4, -0.2) is 12.1 Å². The van der Waals surface area contributed by atoms with E-state index in [4.69, 9.17) is 0 Å². The molecule has 0 saturated heterocycles. The van der Waals surface area contributed by atoms with Crippen LogP contribution in [-0.2, 0) is 0 Å². The SMILES string of the molecule is CC1(C)CCCC1NC1CCCC1. The number of nitrogens with one attached hydrogen (secondary N) is 1. The second kappa shape index (κ2) is 3.61. The number of hydrogen-bond donors (Lipinski definition) is 1. The summed E-state index contributed by atoms with van der Waals surface area (Å²) in [6, 6.07) is 1.65. The van der Waals surface area contributed by atoms with Gasteiger partial charge in [0.1, 0.15) is 0 Å². The van der Waals surface area contributed by atoms with Crippen LogP contribution >= 0.6 is 0 Å². The first-order valence-corrected chi connectivity index (χ1v) is 5.94. The van der Waals surface area contributed by atoms with E-state index in [0.717, 1.165) is 12.1 Å². The van der Waals surface area contributed by atoms with Crippen molar-refractivity contribution >= 4 is 0 Å². The summed E-state index contributed by atoms with van der Waals surface area (Å²) in [6.45, 7) is 4.85. The maximum absolute atomic E-state index is 3.87. The normalized spacial score (nSPS) is 34.2. The van der Waals surface area contributed by atoms with Crippen molar-refractivity contribution in [1.82, 2.24) is 5.32 Å². The molecule has 0 aromatic rings. The average molecular weight is 181 g/mol. The van der Waals surface area contributed by atoms with E-state index in [-0.39, 0.29) is 0 Å². The molecule has 2 saturated carbocycles. The predicted octanol–water partition coefficient (Wildman–Crippen LogP) is 3.10. The molecule has 1 N–H and O–H groups in total. The Bertz CT molecular complexity index is 168. The van der Waals surface area contributed by atoms with E-state index in [2.05, 4.69) is 19.2 Å². The zero-order valence-corrected chi connectivity index (χ0v) is 9.10. The highest BCUT2D eigenvalue weighted by Gasteiger charge is 2.35. The molecular formula is C12H23N. The smallest absolute Gasteiger partial charge is 0.0121 e. The van der Waals surface area contributed by atoms with Gasteiger partial charge in [0.2, 0.25) is 0 Å². The lowest BCUT2D eigenvalue weighted by atomic mass is 9.87. The highest BCUT2D eigenvalue weighted by atomic mass is 15.0. The van der Waals surface area contributed by atoms with Gasteiger partial charge in [0.25, 0.3) is 0 Å². The van der Waals surface area contributed by atoms with E-state index in [1.807, 2.05) is 0 Å². The molecule has 76 valence electrons. The Morgan fingerprint density at radius 3 is 2.23 bits per heavy atom. The number of rotatable bonds is 2. The molecule has 2 aliphatic rings. The third-order valence-corrected chi connectivity index (χ3v) is 4.05. The van der Waals surface area contributed by atoms with Gasteiger partial charge < -0.3 is 5.32 Å². The molecule has 0 aromatic heterocycles. The van der Waals surface area contributed by atoms with Crippen molar-refractivity contribution in [1.29, 1.82) is 0 Å². The lowest BCUT2D eigenvalue weighted by molar-refractivity contribution is 0.261. The molecule has 1 unspecified atom stereocenters. The van der Waals surface area contributed by atoms with Crippen LogP contribution in [0.25, 0.3) is 0 Å². The fraction of sp³-hybridized carbons (Fsp3) is 1.00. The van der Waals surface area contributed by atoms with E-state index < -0.39 is 0 Å². The third kappa shape index (κ3) is 2.07. The van der Waals surface area contributed by atoms with Gasteiger partial charge in [-0.25, -0.2) is 0 Å². The fourth-order valence-corrected chi connectivity index (χ4v) is 3.01. The molecule has 0 bridgehead atoms. The molecule has 1 heteroatoms. The van der Waals surface area contributed by atoms with Gasteiger partial charge in [-0.2, -0.15) is 0 Å². The van der Waals surface area contributed by atoms with E-state index in [1.165, 1.54) is 44.9 Å². The minimum atomic E-state index is 0.558. The van der Waals surface area contributed by atoms with E-state index >= 15 is 0 Å². The highest BCUT2D eigenvalue weighted by molar-refractivity contribution is 4.92. The Labute approximate surface area is 82.3 Å². The maximum atomic E-state index is 3.87. The van der Waals surface area contributed by atoms with Gasteiger partial charge >= 0.3 is 0 Å². The second-order valence-corrected chi connectivity index (χ2v) is 5.58. The largest absolute Gasteiger partial charge is 0.311 e. The summed E-state index contributed by atoms with van der Waals surface area (Å²) < 4.78 is 0. The lowest BCUT2D eigenvalue weighted by Gasteiger charge is -2.30. The first-order chi connectivity index (χ1) is 6.18. The average Bonchev–Trinajstić information content (AvgIpc) is 2.63. The summed E-state index contributed by atoms with van der Waals surface area (Å²) in [5, 5.41) is 3.87. The Morgan fingerprint density at radius 1 is 1.00 bits per heavy atom. The van der Waals surface area contributed by atoms with E-state index in [9.17, 15) is 0 Å². The molecule has 13 heavy (non-hydrogen) atoms. The molecule has 1 atom stereocenters. The van der Waals surface area contributed by atoms with Crippen molar-refractivity contribution in [2.24, 2.45) is 5.41 Å². The van der Waals surface area contributed by atoms with Gasteiger partial charge in [0.15, 0.2) is 0 Å². The molecule has 0 radical (unpaired) electrons. The van der Waals surface area contributed by atoms with Gasteiger partial charge in [-0.3, -0.25) is 0 Å². The van der Waals surface area contributed by atoms with Crippen LogP contribution in [0.15, 0.2) is 0 Å². The van der Waals surface area contributed by atoms with Crippen molar-refractivity contribution < 1.29 is 0 Å². The van der Waals surface area contributed by atoms with Gasteiger partial charge in [0.05, 0.1) is 0 Å². The number of hydrogen-bond acceptors (Lipinski definition) is 1. The monoisotopic (exact) mass is 181 g/mol. The van der Waals surface area contributed by atoms with Crippen LogP contribution in [0.2, 0.25) is 0 Å². The summed E-state index contributed by atoms with van der Waals surface area (Å²) in [6.07, 6.45) is 9.99. The molecule has 1 nitrogen and oxygen atoms in total. The van der Waals surface area contributed by atoms with Crippen molar-refractivity contribution in [3.63, 3.8) is 0 Å². The molecular weight excluding hydrogens is 158 g/mol. The van der Waals surface area contributed by atoms with Crippen LogP contribution in [0.4, 0.5) is 0 Å². The van der Waals surface area contributed by atoms with Crippen LogP contribution in [0.5, 0.6) is 0 Å². The van der Waals surface area contributed by atoms with Crippen molar-refractivity contribution in [2.75, 3.05) is 0 Å². The van der Waals surface area contributed by atoms with Gasteiger partial charge in [-0.15, -0.1) is 0 Å². The summed E-state index contributed by atoms with van der Waals surface area (Å²) in [5.74, 6) is 0. The minimum absolute atomic E-state index is 0.558. The van der Waals surface area contributed by atoms with Crippen LogP contribution in [0.1, 0.15) is 58.8 Å². The van der Waals surface area contributed by atoms with Gasteiger partial charge in [0, 0.05) is 12.1 Å². The zero-order valence-electron chi connectivity index (χ0n) is 9.10. The lowest BCUT2D eigenvalue weighted by Crippen LogP contribution is -2.42. The Balaban J connectivity index is 1.86. The van der Waals surface area contributed by atoms with E-state index in [0.29, 0.717) is 5.41 Å². The predicted molar refractivity (Wildman–Crippen MR) is 56.8 cm³/mol. The summed E-state index contributed by atoms with van der Waals surface area (Å²) >= 11 is 0. The third-order valence-electron chi connectivity index (χ3n) is 4.05. The zero-order chi connectivity index (χ0) is 9.31. The van der Waals surface area contributed by atoms with Crippen LogP contribution in [0, 0.1) is 5.41 Å². The molecule has 2 fully saturated rings. The molecule has 0 heterocycles. The van der Waals surface area contributed by atoms with E-state index in [1.54, 1.807) is 0 Å². The Hall–Kier alpha value is -0.0400. The molecule has 0 aliphatic heterocycles. The van der Waals surface area contributed by atoms with Crippen molar-refractivity contribution in [3.8, 4) is 0 Å². The van der Waals surface area contributed by atoms with Gasteiger partial charge in [-0.1, -0.05) is 33.1 Å². The van der Waals surface area contributed by atoms with Gasteiger partial charge in [-0.05, 0) is 31.1 Å². The summed E-state index contributed by atoms with van der Waals surface area (Å²) in [7, 11) is 0. The first kappa shape index (κ1) is 9.51. The first-order valence-electron chi connectivity index (χ1n) is 5.94. The topological polar surface area (TPSA) is 12.0 Å². The standard InChI is InChI=1S/C12H23N/c1-12(2)9-5-8-11(12)13-10-6-3-4-7-10/h10-11,13H,3-9H2,1-2H3. The highest BCUT2D eigenvalue weighted by Crippen LogP contribution is 2.38. The Morgan fingerprint density at radius 2 is 1.69 bits per heavy atom. The summed E-state index contributed by atoms with van der Waals surface area (Å²) in [5.41, 5.74) is 0.558. The van der Waals surface area contributed by atoms with Crippen molar-refractivity contribution in [3.05, 3.63) is 0 Å². The minimum Gasteiger partial charge on any atom is -0.311 e. The Kier molecular flexibility index (Phi) is 2.64. The quantitative estimate of drug-likeness (QED) is 0.690. The van der Waals surface area contributed by atoms with Crippen molar-refractivity contribution in [2.45, 2.75) is 70.9 Å². The summed E-state index contributed by atoms with van der Waals surface area (Å²) in [4.78, 5) is 0. The molecule has 0 spiro atoms. The molecule has 2 aliphatic carbocycles.